The first-order chi connectivity index (χ1) is 8.27. The Kier molecular flexibility index (Phi) is 4.83. The number of nitro groups is 1. The van der Waals surface area contributed by atoms with Gasteiger partial charge in [0.25, 0.3) is 0 Å². The minimum absolute atomic E-state index is 0. The Morgan fingerprint density at radius 1 is 0.889 bits per heavy atom. The summed E-state index contributed by atoms with van der Waals surface area (Å²) in [6, 6.07) is 17.9. The van der Waals surface area contributed by atoms with Crippen molar-refractivity contribution in [3.05, 3.63) is 87.3 Å². The van der Waals surface area contributed by atoms with Crippen LogP contribution in [0.5, 0.6) is 0 Å². The molecule has 0 radical (unpaired) electrons. The normalized spacial score (nSPS) is 9.61. The fraction of sp³-hybridized carbons (Fsp3) is 0.0769. The first-order valence-corrected chi connectivity index (χ1v) is 5.22. The van der Waals surface area contributed by atoms with E-state index in [9.17, 15) is 10.1 Å². The van der Waals surface area contributed by atoms with Crippen LogP contribution in [-0.2, 0) is 0 Å². The molecule has 0 saturated heterocycles. The molecular formula is C13H15N3O2. The van der Waals surface area contributed by atoms with E-state index in [1.54, 1.807) is 0 Å². The fourth-order valence-electron chi connectivity index (χ4n) is 1.69. The van der Waals surface area contributed by atoms with Gasteiger partial charge in [-0.25, -0.2) is 0 Å². The Hall–Kier alpha value is -2.40. The van der Waals surface area contributed by atoms with E-state index < -0.39 is 11.1 Å². The van der Waals surface area contributed by atoms with Gasteiger partial charge in [-0.15, -0.1) is 0 Å². The summed E-state index contributed by atoms with van der Waals surface area (Å²) < 4.78 is 0. The SMILES string of the molecule is O=[N+]([O-])[N-]C(c1ccccc1)c1ccccc1.[NH4+]. The van der Waals surface area contributed by atoms with Crippen LogP contribution in [0.15, 0.2) is 60.7 Å². The van der Waals surface area contributed by atoms with Crippen LogP contribution in [0.1, 0.15) is 17.2 Å². The van der Waals surface area contributed by atoms with Crippen molar-refractivity contribution in [2.75, 3.05) is 0 Å². The molecule has 0 aromatic heterocycles. The van der Waals surface area contributed by atoms with E-state index >= 15 is 0 Å². The molecule has 2 aromatic carbocycles. The zero-order valence-corrected chi connectivity index (χ0v) is 10.1. The van der Waals surface area contributed by atoms with Crippen LogP contribution in [0, 0.1) is 10.1 Å². The Morgan fingerprint density at radius 2 is 1.28 bits per heavy atom. The van der Waals surface area contributed by atoms with Crippen molar-refractivity contribution in [1.82, 2.24) is 6.15 Å². The van der Waals surface area contributed by atoms with E-state index in [0.29, 0.717) is 0 Å². The van der Waals surface area contributed by atoms with Gasteiger partial charge in [0.15, 0.2) is 0 Å². The van der Waals surface area contributed by atoms with Crippen molar-refractivity contribution >= 4 is 0 Å². The molecule has 0 fully saturated rings. The second kappa shape index (κ2) is 6.36. The number of rotatable bonds is 4. The fourth-order valence-corrected chi connectivity index (χ4v) is 1.69. The Balaban J connectivity index is 0.00000162. The number of benzene rings is 2. The van der Waals surface area contributed by atoms with Gasteiger partial charge in [-0.2, -0.15) is 0 Å². The molecule has 18 heavy (non-hydrogen) atoms. The van der Waals surface area contributed by atoms with Crippen LogP contribution in [0.3, 0.4) is 0 Å². The van der Waals surface area contributed by atoms with E-state index in [4.69, 9.17) is 0 Å². The molecule has 0 unspecified atom stereocenters. The maximum absolute atomic E-state index is 10.6. The molecule has 0 aliphatic carbocycles. The molecule has 0 amide bonds. The first-order valence-electron chi connectivity index (χ1n) is 5.22. The number of quaternary nitrogens is 1. The van der Waals surface area contributed by atoms with Crippen LogP contribution in [0.25, 0.3) is 5.43 Å². The number of hydrogen-bond acceptors (Lipinski definition) is 2. The molecule has 0 heterocycles. The third kappa shape index (κ3) is 3.29. The standard InChI is InChI=1S/C13H11N2O2.H3N/c16-15(17)14-13(11-7-3-1-4-8-11)12-9-5-2-6-10-12;/h1-10,13H;1H3/q-1;/p+1. The lowest BCUT2D eigenvalue weighted by Crippen LogP contribution is -2.04. The molecule has 0 spiro atoms. The van der Waals surface area contributed by atoms with Gasteiger partial charge in [0, 0.05) is 0 Å². The lowest BCUT2D eigenvalue weighted by atomic mass is 10.00. The highest BCUT2D eigenvalue weighted by Crippen LogP contribution is 2.29. The van der Waals surface area contributed by atoms with Crippen molar-refractivity contribution in [2.45, 2.75) is 6.04 Å². The van der Waals surface area contributed by atoms with Gasteiger partial charge in [0.05, 0.1) is 0 Å². The molecule has 5 heteroatoms. The van der Waals surface area contributed by atoms with Crippen LogP contribution in [-0.4, -0.2) is 5.03 Å². The van der Waals surface area contributed by atoms with Crippen molar-refractivity contribution in [2.24, 2.45) is 0 Å². The molecule has 94 valence electrons. The Morgan fingerprint density at radius 3 is 1.61 bits per heavy atom. The highest BCUT2D eigenvalue weighted by Gasteiger charge is 2.08. The minimum atomic E-state index is -0.634. The van der Waals surface area contributed by atoms with Crippen LogP contribution in [0.4, 0.5) is 0 Å². The van der Waals surface area contributed by atoms with Crippen molar-refractivity contribution in [3.8, 4) is 0 Å². The molecule has 2 aromatic rings. The Bertz CT molecular complexity index is 449. The summed E-state index contributed by atoms with van der Waals surface area (Å²) in [6.07, 6.45) is 0. The number of nitrogens with zero attached hydrogens (tertiary/aromatic N) is 2. The molecule has 4 N–H and O–H groups in total. The van der Waals surface area contributed by atoms with Crippen LogP contribution in [0.2, 0.25) is 0 Å². The van der Waals surface area contributed by atoms with Crippen LogP contribution >= 0.6 is 0 Å². The highest BCUT2D eigenvalue weighted by molar-refractivity contribution is 5.34. The molecular weight excluding hydrogens is 230 g/mol. The average molecular weight is 245 g/mol. The summed E-state index contributed by atoms with van der Waals surface area (Å²) in [5.41, 5.74) is 5.17. The summed E-state index contributed by atoms with van der Waals surface area (Å²) in [4.78, 5) is 10.6. The maximum Gasteiger partial charge on any atom is -0.0118 e. The quantitative estimate of drug-likeness (QED) is 0.656. The van der Waals surface area contributed by atoms with Crippen molar-refractivity contribution in [1.29, 1.82) is 0 Å². The largest absolute Gasteiger partial charge is 0.369 e. The van der Waals surface area contributed by atoms with Gasteiger partial charge in [-0.3, -0.25) is 10.1 Å². The van der Waals surface area contributed by atoms with Gasteiger partial charge in [-0.05, 0) is 11.1 Å². The third-order valence-corrected chi connectivity index (χ3v) is 2.44. The summed E-state index contributed by atoms with van der Waals surface area (Å²) in [6.45, 7) is 0. The van der Waals surface area contributed by atoms with Gasteiger partial charge in [0.2, 0.25) is 0 Å². The molecule has 0 bridgehead atoms. The molecule has 5 nitrogen and oxygen atoms in total. The van der Waals surface area contributed by atoms with Gasteiger partial charge < -0.3 is 11.6 Å². The molecule has 0 saturated carbocycles. The smallest absolute Gasteiger partial charge is 0.0118 e. The van der Waals surface area contributed by atoms with Crippen molar-refractivity contribution < 1.29 is 5.03 Å². The minimum Gasteiger partial charge on any atom is -0.369 e. The highest BCUT2D eigenvalue weighted by atomic mass is 16.7. The second-order valence-electron chi connectivity index (χ2n) is 3.58. The van der Waals surface area contributed by atoms with E-state index in [0.717, 1.165) is 11.1 Å². The van der Waals surface area contributed by atoms with E-state index in [1.807, 2.05) is 60.7 Å². The van der Waals surface area contributed by atoms with E-state index in [1.165, 1.54) is 0 Å². The summed E-state index contributed by atoms with van der Waals surface area (Å²) in [7, 11) is 0. The molecule has 0 aliphatic rings. The predicted octanol–water partition coefficient (Wildman–Crippen LogP) is 3.72. The topological polar surface area (TPSA) is 93.7 Å². The van der Waals surface area contributed by atoms with Gasteiger partial charge >= 0.3 is 0 Å². The van der Waals surface area contributed by atoms with E-state index in [2.05, 4.69) is 5.43 Å². The predicted molar refractivity (Wildman–Crippen MR) is 71.1 cm³/mol. The second-order valence-corrected chi connectivity index (χ2v) is 3.58. The summed E-state index contributed by atoms with van der Waals surface area (Å²) >= 11 is 0. The van der Waals surface area contributed by atoms with Gasteiger partial charge in [0.1, 0.15) is 0 Å². The van der Waals surface area contributed by atoms with Crippen molar-refractivity contribution in [3.63, 3.8) is 0 Å². The molecule has 0 aliphatic heterocycles. The summed E-state index contributed by atoms with van der Waals surface area (Å²) in [5, 5.41) is 9.96. The first kappa shape index (κ1) is 13.7. The third-order valence-electron chi connectivity index (χ3n) is 2.44. The van der Waals surface area contributed by atoms with E-state index in [-0.39, 0.29) is 6.15 Å². The molecule has 0 atom stereocenters. The average Bonchev–Trinajstić information content (AvgIpc) is 2.38. The maximum atomic E-state index is 10.6. The lowest BCUT2D eigenvalue weighted by Gasteiger charge is -2.24. The Labute approximate surface area is 105 Å². The van der Waals surface area contributed by atoms with Gasteiger partial charge in [-0.1, -0.05) is 71.8 Å². The van der Waals surface area contributed by atoms with Crippen LogP contribution < -0.4 is 6.15 Å². The number of hydrogen-bond donors (Lipinski definition) is 1. The lowest BCUT2D eigenvalue weighted by molar-refractivity contribution is -0.430. The molecule has 2 rings (SSSR count). The summed E-state index contributed by atoms with van der Waals surface area (Å²) in [5.74, 6) is 0. The zero-order valence-electron chi connectivity index (χ0n) is 10.1. The zero-order chi connectivity index (χ0) is 12.1. The monoisotopic (exact) mass is 245 g/mol.